The van der Waals surface area contributed by atoms with Crippen LogP contribution in [0.3, 0.4) is 0 Å². The number of aromatic nitrogens is 3. The van der Waals surface area contributed by atoms with Gasteiger partial charge in [-0.25, -0.2) is 4.39 Å². The SMILES string of the molecule is O=C(CSc1nnc(CNC(=O)c2cccc3ccccc23)n1-c1cccc(C(F)(F)F)c1)Nc1ccc(F)cc1. The predicted molar refractivity (Wildman–Crippen MR) is 147 cm³/mol. The molecule has 0 atom stereocenters. The first-order chi connectivity index (χ1) is 19.7. The first-order valence-corrected chi connectivity index (χ1v) is 13.2. The van der Waals surface area contributed by atoms with Gasteiger partial charge in [0.2, 0.25) is 5.91 Å². The van der Waals surface area contributed by atoms with Crippen LogP contribution in [0.1, 0.15) is 21.7 Å². The molecule has 0 aliphatic rings. The van der Waals surface area contributed by atoms with Gasteiger partial charge in [-0.15, -0.1) is 10.2 Å². The summed E-state index contributed by atoms with van der Waals surface area (Å²) in [6.45, 7) is -0.145. The van der Waals surface area contributed by atoms with Gasteiger partial charge in [-0.1, -0.05) is 54.2 Å². The zero-order valence-corrected chi connectivity index (χ0v) is 22.0. The number of fused-ring (bicyclic) bond motifs is 1. The first-order valence-electron chi connectivity index (χ1n) is 12.2. The number of hydrogen-bond donors (Lipinski definition) is 2. The van der Waals surface area contributed by atoms with Gasteiger partial charge in [0.1, 0.15) is 5.82 Å². The molecule has 4 aromatic carbocycles. The average molecular weight is 580 g/mol. The molecule has 0 spiro atoms. The predicted octanol–water partition coefficient (Wildman–Crippen LogP) is 6.24. The second kappa shape index (κ2) is 11.8. The standard InChI is InChI=1S/C29H21F4N5O2S/c30-20-11-13-21(14-12-20)35-26(39)17-41-28-37-36-25(38(28)22-8-4-7-19(15-22)29(31,32)33)16-34-27(40)24-10-3-6-18-5-1-2-9-23(18)24/h1-15H,16-17H2,(H,34,40)(H,35,39). The minimum atomic E-state index is -4.59. The molecular formula is C29H21F4N5O2S. The third-order valence-corrected chi connectivity index (χ3v) is 6.96. The van der Waals surface area contributed by atoms with E-state index in [-0.39, 0.29) is 29.0 Å². The van der Waals surface area contributed by atoms with E-state index < -0.39 is 29.4 Å². The lowest BCUT2D eigenvalue weighted by Crippen LogP contribution is -2.25. The van der Waals surface area contributed by atoms with Gasteiger partial charge in [0.15, 0.2) is 11.0 Å². The number of anilines is 1. The molecular weight excluding hydrogens is 558 g/mol. The molecule has 1 aromatic heterocycles. The Balaban J connectivity index is 1.39. The van der Waals surface area contributed by atoms with Crippen LogP contribution in [0.2, 0.25) is 0 Å². The number of rotatable bonds is 8. The van der Waals surface area contributed by atoms with E-state index in [0.29, 0.717) is 11.3 Å². The molecule has 0 fully saturated rings. The Morgan fingerprint density at radius 1 is 0.878 bits per heavy atom. The lowest BCUT2D eigenvalue weighted by molar-refractivity contribution is -0.137. The van der Waals surface area contributed by atoms with E-state index in [0.717, 1.165) is 34.7 Å². The molecule has 0 bridgehead atoms. The van der Waals surface area contributed by atoms with E-state index in [2.05, 4.69) is 20.8 Å². The molecule has 2 amide bonds. The van der Waals surface area contributed by atoms with Crippen molar-refractivity contribution in [2.45, 2.75) is 17.9 Å². The second-order valence-electron chi connectivity index (χ2n) is 8.84. The smallest absolute Gasteiger partial charge is 0.345 e. The fourth-order valence-corrected chi connectivity index (χ4v) is 4.90. The summed E-state index contributed by atoms with van der Waals surface area (Å²) in [4.78, 5) is 25.6. The molecule has 2 N–H and O–H groups in total. The highest BCUT2D eigenvalue weighted by Crippen LogP contribution is 2.32. The highest BCUT2D eigenvalue weighted by Gasteiger charge is 2.31. The molecule has 7 nitrogen and oxygen atoms in total. The largest absolute Gasteiger partial charge is 0.416 e. The lowest BCUT2D eigenvalue weighted by Gasteiger charge is -2.14. The van der Waals surface area contributed by atoms with Crippen LogP contribution >= 0.6 is 11.8 Å². The molecule has 208 valence electrons. The maximum Gasteiger partial charge on any atom is 0.416 e. The molecule has 5 rings (SSSR count). The Morgan fingerprint density at radius 2 is 1.61 bits per heavy atom. The minimum Gasteiger partial charge on any atom is -0.345 e. The maximum atomic E-state index is 13.5. The van der Waals surface area contributed by atoms with Gasteiger partial charge in [-0.2, -0.15) is 13.2 Å². The molecule has 0 radical (unpaired) electrons. The maximum absolute atomic E-state index is 13.5. The van der Waals surface area contributed by atoms with Crippen LogP contribution in [0, 0.1) is 5.82 Å². The molecule has 1 heterocycles. The minimum absolute atomic E-state index is 0.112. The normalized spacial score (nSPS) is 11.4. The quantitative estimate of drug-likeness (QED) is 0.168. The summed E-state index contributed by atoms with van der Waals surface area (Å²) in [5.41, 5.74) is 0.0496. The zero-order valence-electron chi connectivity index (χ0n) is 21.2. The number of nitrogens with one attached hydrogen (secondary N) is 2. The van der Waals surface area contributed by atoms with Crippen molar-refractivity contribution in [2.24, 2.45) is 0 Å². The monoisotopic (exact) mass is 579 g/mol. The van der Waals surface area contributed by atoms with E-state index in [9.17, 15) is 27.2 Å². The lowest BCUT2D eigenvalue weighted by atomic mass is 10.0. The van der Waals surface area contributed by atoms with Crippen LogP contribution in [0.15, 0.2) is 96.2 Å². The van der Waals surface area contributed by atoms with Crippen molar-refractivity contribution in [1.29, 1.82) is 0 Å². The zero-order chi connectivity index (χ0) is 29.0. The van der Waals surface area contributed by atoms with Gasteiger partial charge >= 0.3 is 6.18 Å². The first kappa shape index (κ1) is 27.8. The summed E-state index contributed by atoms with van der Waals surface area (Å²) < 4.78 is 55.0. The number of amides is 2. The Labute approximate surface area is 235 Å². The van der Waals surface area contributed by atoms with E-state index in [4.69, 9.17) is 0 Å². The summed E-state index contributed by atoms with van der Waals surface area (Å²) in [7, 11) is 0. The number of benzene rings is 4. The summed E-state index contributed by atoms with van der Waals surface area (Å²) in [5.74, 6) is -1.28. The van der Waals surface area contributed by atoms with E-state index in [1.165, 1.54) is 41.0 Å². The molecule has 0 unspecified atom stereocenters. The summed E-state index contributed by atoms with van der Waals surface area (Å²) in [5, 5.41) is 15.4. The van der Waals surface area contributed by atoms with Crippen molar-refractivity contribution in [3.05, 3.63) is 114 Å². The van der Waals surface area contributed by atoms with Gasteiger partial charge in [0.25, 0.3) is 5.91 Å². The van der Waals surface area contributed by atoms with Crippen LogP contribution in [0.25, 0.3) is 16.5 Å². The van der Waals surface area contributed by atoms with Crippen molar-refractivity contribution >= 4 is 40.0 Å². The number of thioether (sulfide) groups is 1. The molecule has 0 saturated heterocycles. The summed E-state index contributed by atoms with van der Waals surface area (Å²) in [6, 6.07) is 22.5. The van der Waals surface area contributed by atoms with E-state index >= 15 is 0 Å². The molecule has 41 heavy (non-hydrogen) atoms. The Kier molecular flexibility index (Phi) is 8.02. The number of alkyl halides is 3. The topological polar surface area (TPSA) is 88.9 Å². The van der Waals surface area contributed by atoms with Crippen molar-refractivity contribution < 1.29 is 27.2 Å². The van der Waals surface area contributed by atoms with Crippen LogP contribution in [0.4, 0.5) is 23.2 Å². The van der Waals surface area contributed by atoms with Crippen LogP contribution < -0.4 is 10.6 Å². The van der Waals surface area contributed by atoms with Gasteiger partial charge in [0.05, 0.1) is 23.5 Å². The summed E-state index contributed by atoms with van der Waals surface area (Å²) in [6.07, 6.45) is -4.59. The van der Waals surface area contributed by atoms with Gasteiger partial charge in [-0.3, -0.25) is 14.2 Å². The second-order valence-corrected chi connectivity index (χ2v) is 9.78. The van der Waals surface area contributed by atoms with Crippen LogP contribution in [-0.2, 0) is 17.5 Å². The van der Waals surface area contributed by atoms with Crippen molar-refractivity contribution in [3.8, 4) is 5.69 Å². The molecule has 0 aliphatic heterocycles. The van der Waals surface area contributed by atoms with Crippen LogP contribution in [0.5, 0.6) is 0 Å². The van der Waals surface area contributed by atoms with Gasteiger partial charge < -0.3 is 10.6 Å². The van der Waals surface area contributed by atoms with Crippen molar-refractivity contribution in [1.82, 2.24) is 20.1 Å². The van der Waals surface area contributed by atoms with Crippen LogP contribution in [-0.4, -0.2) is 32.3 Å². The Hall–Kier alpha value is -4.71. The third-order valence-electron chi connectivity index (χ3n) is 6.03. The molecule has 0 aliphatic carbocycles. The Bertz CT molecular complexity index is 1720. The van der Waals surface area contributed by atoms with Crippen molar-refractivity contribution in [2.75, 3.05) is 11.1 Å². The van der Waals surface area contributed by atoms with Crippen molar-refractivity contribution in [3.63, 3.8) is 0 Å². The average Bonchev–Trinajstić information content (AvgIpc) is 3.38. The molecule has 12 heteroatoms. The van der Waals surface area contributed by atoms with E-state index in [1.54, 1.807) is 12.1 Å². The van der Waals surface area contributed by atoms with Gasteiger partial charge in [-0.05, 0) is 59.3 Å². The number of carbonyl (C=O) groups is 2. The molecule has 0 saturated carbocycles. The summed E-state index contributed by atoms with van der Waals surface area (Å²) >= 11 is 0.948. The Morgan fingerprint density at radius 3 is 2.39 bits per heavy atom. The number of hydrogen-bond acceptors (Lipinski definition) is 5. The number of nitrogens with zero attached hydrogens (tertiary/aromatic N) is 3. The molecule has 5 aromatic rings. The fraction of sp³-hybridized carbons (Fsp3) is 0.103. The third kappa shape index (κ3) is 6.55. The highest BCUT2D eigenvalue weighted by atomic mass is 32.2. The fourth-order valence-electron chi connectivity index (χ4n) is 4.13. The highest BCUT2D eigenvalue weighted by molar-refractivity contribution is 7.99. The number of halogens is 4. The van der Waals surface area contributed by atoms with Gasteiger partial charge in [0, 0.05) is 11.3 Å². The number of carbonyl (C=O) groups excluding carboxylic acids is 2. The van der Waals surface area contributed by atoms with E-state index in [1.807, 2.05) is 30.3 Å².